The molecule has 2 rings (SSSR count). The van der Waals surface area contributed by atoms with Gasteiger partial charge >= 0.3 is 0 Å². The highest BCUT2D eigenvalue weighted by Gasteiger charge is 2.30. The molecule has 8 heteroatoms. The van der Waals surface area contributed by atoms with Crippen LogP contribution in [0.1, 0.15) is 24.8 Å². The van der Waals surface area contributed by atoms with E-state index in [0.717, 1.165) is 56.2 Å². The van der Waals surface area contributed by atoms with Crippen LogP contribution in [0.25, 0.3) is 0 Å². The van der Waals surface area contributed by atoms with E-state index in [1.807, 2.05) is 38.4 Å². The summed E-state index contributed by atoms with van der Waals surface area (Å²) in [6.45, 7) is 3.38. The molecule has 1 aliphatic heterocycles. The summed E-state index contributed by atoms with van der Waals surface area (Å²) in [6, 6.07) is 7.99. The van der Waals surface area contributed by atoms with Crippen LogP contribution in [0.2, 0.25) is 0 Å². The van der Waals surface area contributed by atoms with Gasteiger partial charge in [-0.1, -0.05) is 18.2 Å². The molecule has 0 spiro atoms. The number of carbonyl (C=O) groups excluding carboxylic acids is 1. The number of halogens is 1. The van der Waals surface area contributed by atoms with Crippen molar-refractivity contribution in [2.75, 3.05) is 47.9 Å². The molecule has 7 nitrogen and oxygen atoms in total. The van der Waals surface area contributed by atoms with Gasteiger partial charge < -0.3 is 20.3 Å². The Balaban J connectivity index is 0.00000392. The van der Waals surface area contributed by atoms with E-state index in [-0.39, 0.29) is 35.9 Å². The fourth-order valence-electron chi connectivity index (χ4n) is 3.41. The minimum atomic E-state index is 0. The second-order valence-corrected chi connectivity index (χ2v) is 6.94. The Morgan fingerprint density at radius 2 is 2.07 bits per heavy atom. The largest absolute Gasteiger partial charge is 0.496 e. The van der Waals surface area contributed by atoms with Gasteiger partial charge in [-0.05, 0) is 31.9 Å². The Morgan fingerprint density at radius 3 is 2.75 bits per heavy atom. The molecule has 1 unspecified atom stereocenters. The van der Waals surface area contributed by atoms with E-state index < -0.39 is 0 Å². The van der Waals surface area contributed by atoms with Crippen LogP contribution in [0, 0.1) is 0 Å². The predicted molar refractivity (Wildman–Crippen MR) is 125 cm³/mol. The monoisotopic (exact) mass is 503 g/mol. The summed E-state index contributed by atoms with van der Waals surface area (Å²) in [5, 5.41) is 6.66. The average molecular weight is 503 g/mol. The number of nitrogens with one attached hydrogen (secondary N) is 2. The molecule has 2 N–H and O–H groups in total. The summed E-state index contributed by atoms with van der Waals surface area (Å²) in [5.74, 6) is 1.85. The predicted octanol–water partition coefficient (Wildman–Crippen LogP) is 1.92. The van der Waals surface area contributed by atoms with Gasteiger partial charge in [0.2, 0.25) is 5.91 Å². The fourth-order valence-corrected chi connectivity index (χ4v) is 3.41. The van der Waals surface area contributed by atoms with E-state index in [2.05, 4.69) is 20.5 Å². The molecule has 0 saturated carbocycles. The van der Waals surface area contributed by atoms with E-state index in [1.54, 1.807) is 19.1 Å². The number of aliphatic imine (C=N–C) groups is 1. The van der Waals surface area contributed by atoms with Crippen molar-refractivity contribution in [2.45, 2.75) is 31.8 Å². The Bertz CT molecular complexity index is 639. The molecule has 1 heterocycles. The Labute approximate surface area is 185 Å². The number of rotatable bonds is 8. The van der Waals surface area contributed by atoms with Gasteiger partial charge in [-0.3, -0.25) is 14.7 Å². The zero-order valence-corrected chi connectivity index (χ0v) is 19.7. The van der Waals surface area contributed by atoms with Crippen LogP contribution in [0.4, 0.5) is 0 Å². The SMILES string of the molecule is CN=C(NCCCN1CCCC1C(=O)N(C)C)NCc1ccccc1OC.I. The average Bonchev–Trinajstić information content (AvgIpc) is 3.15. The van der Waals surface area contributed by atoms with Crippen molar-refractivity contribution in [3.63, 3.8) is 0 Å². The zero-order chi connectivity index (χ0) is 19.6. The van der Waals surface area contributed by atoms with Crippen LogP contribution < -0.4 is 15.4 Å². The summed E-state index contributed by atoms with van der Waals surface area (Å²) >= 11 is 0. The van der Waals surface area contributed by atoms with E-state index in [0.29, 0.717) is 6.54 Å². The van der Waals surface area contributed by atoms with E-state index >= 15 is 0 Å². The fraction of sp³-hybridized carbons (Fsp3) is 0.600. The van der Waals surface area contributed by atoms with Crippen molar-refractivity contribution in [1.29, 1.82) is 0 Å². The summed E-state index contributed by atoms with van der Waals surface area (Å²) < 4.78 is 5.38. The van der Waals surface area contributed by atoms with Crippen LogP contribution in [0.15, 0.2) is 29.3 Å². The first kappa shape index (κ1) is 24.5. The number of nitrogens with zero attached hydrogens (tertiary/aromatic N) is 3. The first-order chi connectivity index (χ1) is 13.1. The molecule has 0 bridgehead atoms. The number of guanidine groups is 1. The zero-order valence-electron chi connectivity index (χ0n) is 17.4. The van der Waals surface area contributed by atoms with E-state index in [9.17, 15) is 4.79 Å². The van der Waals surface area contributed by atoms with Gasteiger partial charge in [0, 0.05) is 46.3 Å². The van der Waals surface area contributed by atoms with Crippen LogP contribution >= 0.6 is 24.0 Å². The number of likely N-dealkylation sites (tertiary alicyclic amines) is 1. The summed E-state index contributed by atoms with van der Waals surface area (Å²) in [5.41, 5.74) is 1.09. The molecule has 0 aliphatic carbocycles. The van der Waals surface area contributed by atoms with E-state index in [4.69, 9.17) is 4.74 Å². The maximum Gasteiger partial charge on any atom is 0.239 e. The normalized spacial score (nSPS) is 17.0. The lowest BCUT2D eigenvalue weighted by Gasteiger charge is -2.26. The Morgan fingerprint density at radius 1 is 1.32 bits per heavy atom. The molecular weight excluding hydrogens is 469 g/mol. The smallest absolute Gasteiger partial charge is 0.239 e. The lowest BCUT2D eigenvalue weighted by molar-refractivity contribution is -0.133. The highest BCUT2D eigenvalue weighted by atomic mass is 127. The number of hydrogen-bond donors (Lipinski definition) is 2. The third kappa shape index (κ3) is 7.12. The molecule has 28 heavy (non-hydrogen) atoms. The molecule has 1 aromatic carbocycles. The first-order valence-electron chi connectivity index (χ1n) is 9.58. The number of methoxy groups -OCH3 is 1. The van der Waals surface area contributed by atoms with Crippen molar-refractivity contribution >= 4 is 35.8 Å². The molecule has 1 fully saturated rings. The molecule has 1 aromatic rings. The topological polar surface area (TPSA) is 69.2 Å². The maximum absolute atomic E-state index is 12.2. The van der Waals surface area contributed by atoms with Crippen LogP contribution in [-0.2, 0) is 11.3 Å². The van der Waals surface area contributed by atoms with Crippen molar-refractivity contribution in [2.24, 2.45) is 4.99 Å². The number of ether oxygens (including phenoxy) is 1. The van der Waals surface area contributed by atoms with Gasteiger partial charge in [-0.25, -0.2) is 0 Å². The number of benzene rings is 1. The minimum Gasteiger partial charge on any atom is -0.496 e. The highest BCUT2D eigenvalue weighted by Crippen LogP contribution is 2.19. The van der Waals surface area contributed by atoms with Gasteiger partial charge in [-0.15, -0.1) is 24.0 Å². The molecular formula is C20H34IN5O2. The second-order valence-electron chi connectivity index (χ2n) is 6.94. The van der Waals surface area contributed by atoms with Crippen LogP contribution in [0.5, 0.6) is 5.75 Å². The lowest BCUT2D eigenvalue weighted by atomic mass is 10.2. The summed E-state index contributed by atoms with van der Waals surface area (Å²) in [6.07, 6.45) is 3.03. The number of hydrogen-bond acceptors (Lipinski definition) is 4. The number of para-hydroxylation sites is 1. The third-order valence-corrected chi connectivity index (χ3v) is 4.87. The maximum atomic E-state index is 12.2. The Kier molecular flexibility index (Phi) is 11.2. The molecule has 1 aliphatic rings. The Hall–Kier alpha value is -1.55. The van der Waals surface area contributed by atoms with Crippen LogP contribution in [0.3, 0.4) is 0 Å². The summed E-state index contributed by atoms with van der Waals surface area (Å²) in [4.78, 5) is 20.5. The van der Waals surface area contributed by atoms with Gasteiger partial charge in [0.05, 0.1) is 13.2 Å². The lowest BCUT2D eigenvalue weighted by Crippen LogP contribution is -2.44. The first-order valence-corrected chi connectivity index (χ1v) is 9.58. The number of carbonyl (C=O) groups is 1. The molecule has 158 valence electrons. The van der Waals surface area contributed by atoms with Gasteiger partial charge in [0.25, 0.3) is 0 Å². The minimum absolute atomic E-state index is 0. The van der Waals surface area contributed by atoms with Crippen molar-refractivity contribution in [1.82, 2.24) is 20.4 Å². The molecule has 1 atom stereocenters. The molecule has 1 saturated heterocycles. The quantitative estimate of drug-likeness (QED) is 0.246. The van der Waals surface area contributed by atoms with E-state index in [1.165, 1.54) is 0 Å². The van der Waals surface area contributed by atoms with Gasteiger partial charge in [0.1, 0.15) is 5.75 Å². The standard InChI is InChI=1S/C20H33N5O2.HI/c1-21-20(23-15-16-9-5-6-11-18(16)27-4)22-12-8-14-25-13-7-10-17(25)19(26)24(2)3;/h5-6,9,11,17H,7-8,10,12-15H2,1-4H3,(H2,21,22,23);1H. The van der Waals surface area contributed by atoms with Crippen molar-refractivity contribution < 1.29 is 9.53 Å². The van der Waals surface area contributed by atoms with Gasteiger partial charge in [-0.2, -0.15) is 0 Å². The number of amides is 1. The summed E-state index contributed by atoms with van der Waals surface area (Å²) in [7, 11) is 7.11. The van der Waals surface area contributed by atoms with Crippen molar-refractivity contribution in [3.05, 3.63) is 29.8 Å². The molecule has 0 aromatic heterocycles. The molecule has 1 amide bonds. The number of likely N-dealkylation sites (N-methyl/N-ethyl adjacent to an activating group) is 1. The highest BCUT2D eigenvalue weighted by molar-refractivity contribution is 14.0. The van der Waals surface area contributed by atoms with Gasteiger partial charge in [0.15, 0.2) is 5.96 Å². The van der Waals surface area contributed by atoms with Crippen molar-refractivity contribution in [3.8, 4) is 5.75 Å². The molecule has 0 radical (unpaired) electrons. The van der Waals surface area contributed by atoms with Crippen LogP contribution in [-0.4, -0.2) is 75.6 Å². The second kappa shape index (κ2) is 12.8. The third-order valence-electron chi connectivity index (χ3n) is 4.87.